The Hall–Kier alpha value is -0.780. The van der Waals surface area contributed by atoms with E-state index in [1.54, 1.807) is 0 Å². The summed E-state index contributed by atoms with van der Waals surface area (Å²) >= 11 is 0. The van der Waals surface area contributed by atoms with E-state index in [9.17, 15) is 8.42 Å². The van der Waals surface area contributed by atoms with E-state index in [0.29, 0.717) is 32.7 Å². The largest absolute Gasteiger partial charge is 0.493 e. The second-order valence-electron chi connectivity index (χ2n) is 5.78. The molecule has 1 saturated heterocycles. The van der Waals surface area contributed by atoms with E-state index < -0.39 is 14.5 Å². The van der Waals surface area contributed by atoms with Gasteiger partial charge in [-0.05, 0) is 43.9 Å². The average molecular weight is 333 g/mol. The summed E-state index contributed by atoms with van der Waals surface area (Å²) < 4.78 is 34.3. The number of aryl methyl sites for hydroxylation is 1. The van der Waals surface area contributed by atoms with Gasteiger partial charge in [0.05, 0.1) is 12.4 Å². The van der Waals surface area contributed by atoms with Gasteiger partial charge in [-0.2, -0.15) is 0 Å². The summed E-state index contributed by atoms with van der Waals surface area (Å²) in [5, 5.41) is 0. The number of hydrogen-bond donors (Lipinski definition) is 0. The number of benzene rings is 1. The Morgan fingerprint density at radius 1 is 1.29 bits per heavy atom. The quantitative estimate of drug-likeness (QED) is 0.778. The van der Waals surface area contributed by atoms with Crippen LogP contribution in [0.3, 0.4) is 0 Å². The molecule has 0 aliphatic carbocycles. The third kappa shape index (κ3) is 4.59. The number of rotatable bonds is 5. The van der Waals surface area contributed by atoms with E-state index in [2.05, 4.69) is 0 Å². The normalized spacial score (nSPS) is 18.4. The van der Waals surface area contributed by atoms with E-state index >= 15 is 0 Å². The summed E-state index contributed by atoms with van der Waals surface area (Å²) in [6.07, 6.45) is 1.29. The molecule has 0 aromatic heterocycles. The molecule has 1 heterocycles. The molecule has 1 fully saturated rings. The van der Waals surface area contributed by atoms with Gasteiger partial charge in [0.2, 0.25) is 9.05 Å². The van der Waals surface area contributed by atoms with Crippen molar-refractivity contribution in [2.75, 3.05) is 25.6 Å². The first kappa shape index (κ1) is 16.6. The Bertz CT molecular complexity index is 592. The van der Waals surface area contributed by atoms with Crippen molar-refractivity contribution in [2.24, 2.45) is 5.41 Å². The predicted molar refractivity (Wildman–Crippen MR) is 83.5 cm³/mol. The second-order valence-corrected chi connectivity index (χ2v) is 8.56. The van der Waals surface area contributed by atoms with Crippen molar-refractivity contribution < 1.29 is 17.9 Å². The van der Waals surface area contributed by atoms with E-state index in [4.69, 9.17) is 20.2 Å². The van der Waals surface area contributed by atoms with Crippen molar-refractivity contribution in [1.29, 1.82) is 0 Å². The minimum absolute atomic E-state index is 0.0736. The van der Waals surface area contributed by atoms with E-state index in [0.717, 1.165) is 16.9 Å². The summed E-state index contributed by atoms with van der Waals surface area (Å²) in [6.45, 7) is 5.45. The Morgan fingerprint density at radius 2 is 1.95 bits per heavy atom. The van der Waals surface area contributed by atoms with Crippen LogP contribution in [0.1, 0.15) is 24.0 Å². The number of halogens is 1. The second kappa shape index (κ2) is 6.55. The lowest BCUT2D eigenvalue weighted by molar-refractivity contribution is 0.00215. The maximum absolute atomic E-state index is 11.5. The van der Waals surface area contributed by atoms with Crippen LogP contribution < -0.4 is 4.74 Å². The lowest BCUT2D eigenvalue weighted by Gasteiger charge is -2.36. The summed E-state index contributed by atoms with van der Waals surface area (Å²) in [5.74, 6) is 0.725. The molecule has 1 aromatic carbocycles. The summed E-state index contributed by atoms with van der Waals surface area (Å²) in [7, 11) is 1.90. The zero-order valence-electron chi connectivity index (χ0n) is 12.4. The topological polar surface area (TPSA) is 52.6 Å². The lowest BCUT2D eigenvalue weighted by atomic mass is 9.83. The fourth-order valence-corrected chi connectivity index (χ4v) is 4.41. The molecule has 0 N–H and O–H groups in total. The molecule has 0 atom stereocenters. The van der Waals surface area contributed by atoms with Gasteiger partial charge in [-0.15, -0.1) is 0 Å². The zero-order valence-corrected chi connectivity index (χ0v) is 14.0. The fraction of sp³-hybridized carbons (Fsp3) is 0.600. The van der Waals surface area contributed by atoms with Gasteiger partial charge >= 0.3 is 0 Å². The molecule has 0 bridgehead atoms. The average Bonchev–Trinajstić information content (AvgIpc) is 2.40. The molecule has 4 nitrogen and oxygen atoms in total. The standard InChI is InChI=1S/C15H21ClO4S/c1-12-4-3-5-14(13(12)2)20-10-15(11-21(16,17)18)6-8-19-9-7-15/h3-5H,6-11H2,1-2H3. The van der Waals surface area contributed by atoms with Gasteiger partial charge in [0.15, 0.2) is 0 Å². The molecule has 0 unspecified atom stereocenters. The van der Waals surface area contributed by atoms with Gasteiger partial charge in [-0.1, -0.05) is 12.1 Å². The maximum Gasteiger partial charge on any atom is 0.233 e. The first-order valence-electron chi connectivity index (χ1n) is 7.00. The van der Waals surface area contributed by atoms with Crippen molar-refractivity contribution in [2.45, 2.75) is 26.7 Å². The minimum Gasteiger partial charge on any atom is -0.493 e. The Labute approximate surface area is 130 Å². The van der Waals surface area contributed by atoms with Crippen molar-refractivity contribution in [1.82, 2.24) is 0 Å². The molecule has 2 rings (SSSR count). The molecular weight excluding hydrogens is 312 g/mol. The smallest absolute Gasteiger partial charge is 0.233 e. The highest BCUT2D eigenvalue weighted by molar-refractivity contribution is 8.13. The van der Waals surface area contributed by atoms with Gasteiger partial charge in [0.1, 0.15) is 5.75 Å². The van der Waals surface area contributed by atoms with E-state index in [-0.39, 0.29) is 5.75 Å². The molecule has 0 amide bonds. The van der Waals surface area contributed by atoms with Crippen LogP contribution in [-0.4, -0.2) is 34.0 Å². The predicted octanol–water partition coefficient (Wildman–Crippen LogP) is 3.05. The summed E-state index contributed by atoms with van der Waals surface area (Å²) in [6, 6.07) is 5.87. The van der Waals surface area contributed by atoms with Gasteiger partial charge in [0.25, 0.3) is 0 Å². The van der Waals surface area contributed by atoms with Crippen molar-refractivity contribution in [3.63, 3.8) is 0 Å². The maximum atomic E-state index is 11.5. The Morgan fingerprint density at radius 3 is 2.57 bits per heavy atom. The van der Waals surface area contributed by atoms with Gasteiger partial charge in [0, 0.05) is 29.3 Å². The van der Waals surface area contributed by atoms with Crippen LogP contribution in [-0.2, 0) is 13.8 Å². The van der Waals surface area contributed by atoms with Gasteiger partial charge in [-0.3, -0.25) is 0 Å². The number of hydrogen-bond acceptors (Lipinski definition) is 4. The zero-order chi connectivity index (χ0) is 15.5. The van der Waals surface area contributed by atoms with Crippen LogP contribution in [0.4, 0.5) is 0 Å². The summed E-state index contributed by atoms with van der Waals surface area (Å²) in [5.41, 5.74) is 1.77. The van der Waals surface area contributed by atoms with Crippen LogP contribution in [0.2, 0.25) is 0 Å². The highest BCUT2D eigenvalue weighted by Crippen LogP contribution is 2.34. The van der Waals surface area contributed by atoms with Crippen LogP contribution >= 0.6 is 10.7 Å². The van der Waals surface area contributed by atoms with Crippen LogP contribution in [0.25, 0.3) is 0 Å². The van der Waals surface area contributed by atoms with E-state index in [1.807, 2.05) is 32.0 Å². The Kier molecular flexibility index (Phi) is 5.17. The van der Waals surface area contributed by atoms with Crippen LogP contribution in [0.15, 0.2) is 18.2 Å². The molecule has 0 radical (unpaired) electrons. The monoisotopic (exact) mass is 332 g/mol. The molecule has 6 heteroatoms. The van der Waals surface area contributed by atoms with Gasteiger partial charge in [-0.25, -0.2) is 8.42 Å². The third-order valence-corrected chi connectivity index (χ3v) is 5.41. The van der Waals surface area contributed by atoms with Crippen molar-refractivity contribution >= 4 is 19.7 Å². The van der Waals surface area contributed by atoms with Crippen molar-refractivity contribution in [3.8, 4) is 5.75 Å². The minimum atomic E-state index is -3.57. The fourth-order valence-electron chi connectivity index (χ4n) is 2.61. The van der Waals surface area contributed by atoms with Crippen molar-refractivity contribution in [3.05, 3.63) is 29.3 Å². The summed E-state index contributed by atoms with van der Waals surface area (Å²) in [4.78, 5) is 0. The molecule has 0 spiro atoms. The first-order chi connectivity index (χ1) is 9.81. The SMILES string of the molecule is Cc1cccc(OCC2(CS(=O)(=O)Cl)CCOCC2)c1C. The third-order valence-electron chi connectivity index (χ3n) is 4.12. The number of ether oxygens (including phenoxy) is 2. The highest BCUT2D eigenvalue weighted by atomic mass is 35.7. The molecule has 1 aromatic rings. The molecule has 0 saturated carbocycles. The Balaban J connectivity index is 2.14. The van der Waals surface area contributed by atoms with Crippen LogP contribution in [0, 0.1) is 19.3 Å². The first-order valence-corrected chi connectivity index (χ1v) is 9.48. The van der Waals surface area contributed by atoms with E-state index in [1.165, 1.54) is 0 Å². The molecule has 1 aliphatic rings. The van der Waals surface area contributed by atoms with Gasteiger partial charge < -0.3 is 9.47 Å². The highest BCUT2D eigenvalue weighted by Gasteiger charge is 2.37. The van der Waals surface area contributed by atoms with Crippen LogP contribution in [0.5, 0.6) is 5.75 Å². The molecule has 1 aliphatic heterocycles. The molecular formula is C15H21ClO4S. The molecule has 118 valence electrons. The molecule has 21 heavy (non-hydrogen) atoms. The lowest BCUT2D eigenvalue weighted by Crippen LogP contribution is -2.40.